The van der Waals surface area contributed by atoms with Crippen LogP contribution in [0.3, 0.4) is 0 Å². The molecule has 1 unspecified atom stereocenters. The molecule has 1 N–H and O–H groups in total. The van der Waals surface area contributed by atoms with Gasteiger partial charge >= 0.3 is 0 Å². The minimum atomic E-state index is -1.85. The van der Waals surface area contributed by atoms with Crippen molar-refractivity contribution in [2.24, 2.45) is 0 Å². The summed E-state index contributed by atoms with van der Waals surface area (Å²) in [6, 6.07) is 9.27. The van der Waals surface area contributed by atoms with Crippen LogP contribution < -0.4 is 0 Å². The summed E-state index contributed by atoms with van der Waals surface area (Å²) in [6.07, 6.45) is 0. The van der Waals surface area contributed by atoms with Gasteiger partial charge in [0.15, 0.2) is 11.8 Å². The fraction of sp³-hybridized carbons (Fsp3) is 0.143. The summed E-state index contributed by atoms with van der Waals surface area (Å²) in [5, 5.41) is 0. The average Bonchev–Trinajstić information content (AvgIpc) is 2.06. The van der Waals surface area contributed by atoms with E-state index >= 15 is 0 Å². The highest BCUT2D eigenvalue weighted by molar-refractivity contribution is 14.2. The number of rotatable bonds is 2. The van der Waals surface area contributed by atoms with Gasteiger partial charge in [-0.05, 0) is 50.7 Å². The van der Waals surface area contributed by atoms with Crippen LogP contribution in [0.5, 0.6) is 0 Å². The zero-order chi connectivity index (χ0) is 9.19. The number of alkyl halides is 2. The molecule has 0 aliphatic heterocycles. The summed E-state index contributed by atoms with van der Waals surface area (Å²) in [5.41, 5.74) is 0.854. The van der Waals surface area contributed by atoms with Crippen molar-refractivity contribution in [2.45, 2.75) is 0.760 Å². The maximum Gasteiger partial charge on any atom is 0.197 e. The summed E-state index contributed by atoms with van der Waals surface area (Å²) in [6.45, 7) is 0. The van der Waals surface area contributed by atoms with Crippen LogP contribution in [0.15, 0.2) is 30.3 Å². The molecule has 66 valence electrons. The van der Waals surface area contributed by atoms with E-state index in [9.17, 15) is 4.21 Å². The standard InChI is InChI=1S/C7H6I2O2S/c8-7(9,12(10)11)6-4-2-1-3-5-6/h1-5H,(H,10,11). The predicted octanol–water partition coefficient (Wildman–Crippen LogP) is 2.89. The largest absolute Gasteiger partial charge is 0.304 e. The quantitative estimate of drug-likeness (QED) is 0.465. The summed E-state index contributed by atoms with van der Waals surface area (Å²) in [4.78, 5) is 0. The van der Waals surface area contributed by atoms with Gasteiger partial charge < -0.3 is 4.55 Å². The number of hydrogen-bond donors (Lipinski definition) is 1. The molecule has 1 aromatic carbocycles. The Balaban J connectivity index is 3.06. The molecule has 1 atom stereocenters. The first-order valence-corrected chi connectivity index (χ1v) is 6.36. The number of hydrogen-bond acceptors (Lipinski definition) is 1. The molecule has 0 saturated heterocycles. The SMILES string of the molecule is O=S(O)C(I)(I)c1ccccc1. The van der Waals surface area contributed by atoms with Crippen molar-refractivity contribution < 1.29 is 8.76 Å². The molecule has 0 heterocycles. The van der Waals surface area contributed by atoms with Crippen LogP contribution in [0, 0.1) is 0 Å². The topological polar surface area (TPSA) is 37.3 Å². The Morgan fingerprint density at radius 2 is 1.75 bits per heavy atom. The molecule has 0 aliphatic rings. The highest BCUT2D eigenvalue weighted by Crippen LogP contribution is 2.41. The summed E-state index contributed by atoms with van der Waals surface area (Å²) >= 11 is 2.08. The first-order valence-electron chi connectivity index (χ1n) is 3.09. The first kappa shape index (κ1) is 10.9. The summed E-state index contributed by atoms with van der Waals surface area (Å²) in [5.74, 6) is 0. The fourth-order valence-electron chi connectivity index (χ4n) is 0.733. The lowest BCUT2D eigenvalue weighted by Crippen LogP contribution is -2.14. The Morgan fingerprint density at radius 1 is 1.25 bits per heavy atom. The van der Waals surface area contributed by atoms with Crippen molar-refractivity contribution in [2.75, 3.05) is 0 Å². The van der Waals surface area contributed by atoms with E-state index in [4.69, 9.17) is 4.55 Å². The molecule has 12 heavy (non-hydrogen) atoms. The second kappa shape index (κ2) is 4.34. The van der Waals surface area contributed by atoms with E-state index < -0.39 is 11.8 Å². The molecule has 0 amide bonds. The van der Waals surface area contributed by atoms with E-state index in [1.807, 2.05) is 75.5 Å². The van der Waals surface area contributed by atoms with Crippen LogP contribution in [0.1, 0.15) is 5.56 Å². The average molecular weight is 408 g/mol. The number of benzene rings is 1. The highest BCUT2D eigenvalue weighted by atomic mass is 127. The Hall–Kier alpha value is 0.790. The summed E-state index contributed by atoms with van der Waals surface area (Å²) < 4.78 is 19.2. The van der Waals surface area contributed by atoms with Crippen LogP contribution in [-0.2, 0) is 11.8 Å². The molecule has 0 radical (unpaired) electrons. The van der Waals surface area contributed by atoms with Gasteiger partial charge in [0.25, 0.3) is 0 Å². The lowest BCUT2D eigenvalue weighted by molar-refractivity contribution is 0.562. The molecule has 0 aromatic heterocycles. The van der Waals surface area contributed by atoms with E-state index in [0.717, 1.165) is 5.56 Å². The second-order valence-corrected chi connectivity index (χ2v) is 10.0. The zero-order valence-corrected chi connectivity index (χ0v) is 11.0. The molecular formula is C7H6I2O2S. The zero-order valence-electron chi connectivity index (χ0n) is 5.91. The molecule has 0 spiro atoms. The Morgan fingerprint density at radius 3 is 2.17 bits per heavy atom. The maximum absolute atomic E-state index is 10.9. The van der Waals surface area contributed by atoms with Crippen molar-refractivity contribution in [3.63, 3.8) is 0 Å². The van der Waals surface area contributed by atoms with Crippen LogP contribution in [0.4, 0.5) is 0 Å². The van der Waals surface area contributed by atoms with Crippen molar-refractivity contribution in [1.82, 2.24) is 0 Å². The third kappa shape index (κ3) is 2.39. The molecule has 1 rings (SSSR count). The molecule has 0 fully saturated rings. The van der Waals surface area contributed by atoms with Crippen LogP contribution in [-0.4, -0.2) is 8.76 Å². The molecule has 2 nitrogen and oxygen atoms in total. The molecule has 0 saturated carbocycles. The van der Waals surface area contributed by atoms with Gasteiger partial charge in [-0.3, -0.25) is 0 Å². The van der Waals surface area contributed by atoms with Gasteiger partial charge in [-0.1, -0.05) is 30.3 Å². The Labute approximate surface area is 101 Å². The van der Waals surface area contributed by atoms with Crippen LogP contribution in [0.25, 0.3) is 0 Å². The Kier molecular flexibility index (Phi) is 3.93. The molecular weight excluding hydrogens is 402 g/mol. The minimum Gasteiger partial charge on any atom is -0.304 e. The van der Waals surface area contributed by atoms with Gasteiger partial charge in [0.05, 0.1) is 0 Å². The fourth-order valence-corrected chi connectivity index (χ4v) is 1.79. The second-order valence-electron chi connectivity index (χ2n) is 2.13. The van der Waals surface area contributed by atoms with Gasteiger partial charge in [0, 0.05) is 0 Å². The Bertz CT molecular complexity index is 287. The summed E-state index contributed by atoms with van der Waals surface area (Å²) in [7, 11) is 0. The van der Waals surface area contributed by atoms with E-state index in [0.29, 0.717) is 0 Å². The normalized spacial score (nSPS) is 14.2. The van der Waals surface area contributed by atoms with E-state index in [2.05, 4.69) is 0 Å². The molecule has 5 heteroatoms. The third-order valence-electron chi connectivity index (χ3n) is 1.33. The van der Waals surface area contributed by atoms with Crippen LogP contribution in [0.2, 0.25) is 0 Å². The first-order chi connectivity index (χ1) is 5.55. The number of halogens is 2. The molecule has 1 aromatic rings. The maximum atomic E-state index is 10.9. The van der Waals surface area contributed by atoms with Crippen LogP contribution >= 0.6 is 45.2 Å². The third-order valence-corrected chi connectivity index (χ3v) is 5.51. The van der Waals surface area contributed by atoms with E-state index in [1.54, 1.807) is 0 Å². The predicted molar refractivity (Wildman–Crippen MR) is 66.9 cm³/mol. The van der Waals surface area contributed by atoms with E-state index in [1.165, 1.54) is 0 Å². The molecule has 0 bridgehead atoms. The molecule has 0 aliphatic carbocycles. The monoisotopic (exact) mass is 408 g/mol. The smallest absolute Gasteiger partial charge is 0.197 e. The van der Waals surface area contributed by atoms with Gasteiger partial charge in [0.2, 0.25) is 0 Å². The van der Waals surface area contributed by atoms with E-state index in [-0.39, 0.29) is 0 Å². The van der Waals surface area contributed by atoms with Crippen molar-refractivity contribution >= 4 is 56.3 Å². The van der Waals surface area contributed by atoms with Crippen molar-refractivity contribution in [1.29, 1.82) is 0 Å². The van der Waals surface area contributed by atoms with Gasteiger partial charge in [-0.15, -0.1) is 0 Å². The van der Waals surface area contributed by atoms with Crippen molar-refractivity contribution in [3.05, 3.63) is 35.9 Å². The van der Waals surface area contributed by atoms with Gasteiger partial charge in [-0.2, -0.15) is 0 Å². The van der Waals surface area contributed by atoms with Crippen molar-refractivity contribution in [3.8, 4) is 0 Å². The lowest BCUT2D eigenvalue weighted by Gasteiger charge is -2.15. The highest BCUT2D eigenvalue weighted by Gasteiger charge is 2.31. The minimum absolute atomic E-state index is 0.739. The van der Waals surface area contributed by atoms with Gasteiger partial charge in [0.1, 0.15) is 0 Å². The van der Waals surface area contributed by atoms with Gasteiger partial charge in [-0.25, -0.2) is 4.21 Å². The lowest BCUT2D eigenvalue weighted by atomic mass is 10.2.